The maximum atomic E-state index is 13.9. The summed E-state index contributed by atoms with van der Waals surface area (Å²) in [6.45, 7) is 0.522. The monoisotopic (exact) mass is 639 g/mol. The summed E-state index contributed by atoms with van der Waals surface area (Å²) < 4.78 is 70.4. The van der Waals surface area contributed by atoms with Crippen molar-refractivity contribution in [3.8, 4) is 28.2 Å². The van der Waals surface area contributed by atoms with Crippen LogP contribution in [0, 0.1) is 12.8 Å². The number of hydrogen-bond donors (Lipinski definition) is 1. The number of anilines is 1. The average molecular weight is 640 g/mol. The molecule has 5 aromatic rings. The van der Waals surface area contributed by atoms with Crippen molar-refractivity contribution >= 4 is 11.6 Å². The highest BCUT2D eigenvalue weighted by Crippen LogP contribution is 2.35. The van der Waals surface area contributed by atoms with Crippen LogP contribution < -0.4 is 10.9 Å². The molecule has 0 radical (unpaired) electrons. The van der Waals surface area contributed by atoms with E-state index in [-0.39, 0.29) is 28.7 Å². The number of nitrogens with one attached hydrogen (secondary N) is 1. The Hall–Kier alpha value is -5.28. The molecule has 2 bridgehead atoms. The van der Waals surface area contributed by atoms with Crippen molar-refractivity contribution in [1.29, 1.82) is 0 Å². The summed E-state index contributed by atoms with van der Waals surface area (Å²) in [6.07, 6.45) is 1.30. The van der Waals surface area contributed by atoms with E-state index < -0.39 is 35.9 Å². The maximum Gasteiger partial charge on any atom is 0.436 e. The van der Waals surface area contributed by atoms with E-state index in [0.29, 0.717) is 40.8 Å². The van der Waals surface area contributed by atoms with Gasteiger partial charge < -0.3 is 5.32 Å². The zero-order valence-corrected chi connectivity index (χ0v) is 24.4. The summed E-state index contributed by atoms with van der Waals surface area (Å²) in [6, 6.07) is 8.59. The number of benzene rings is 1. The second kappa shape index (κ2) is 11.9. The van der Waals surface area contributed by atoms with Crippen LogP contribution in [0.3, 0.4) is 0 Å². The third-order valence-electron chi connectivity index (χ3n) is 7.83. The normalized spacial score (nSPS) is 17.3. The van der Waals surface area contributed by atoms with Gasteiger partial charge in [-0.15, -0.1) is 5.10 Å². The first kappa shape index (κ1) is 30.7. The van der Waals surface area contributed by atoms with E-state index >= 15 is 0 Å². The fourth-order valence-electron chi connectivity index (χ4n) is 5.46. The van der Waals surface area contributed by atoms with Gasteiger partial charge in [0.1, 0.15) is 0 Å². The molecule has 1 N–H and O–H groups in total. The Balaban J connectivity index is 1.43. The molecule has 1 aromatic carbocycles. The first-order valence-electron chi connectivity index (χ1n) is 14.2. The highest BCUT2D eigenvalue weighted by Gasteiger charge is 2.35. The molecule has 11 nitrogen and oxygen atoms in total. The van der Waals surface area contributed by atoms with Crippen LogP contribution in [0.15, 0.2) is 66.1 Å². The number of rotatable bonds is 4. The van der Waals surface area contributed by atoms with Crippen molar-refractivity contribution in [1.82, 2.24) is 39.3 Å². The predicted octanol–water partition coefficient (Wildman–Crippen LogP) is 5.82. The predicted molar refractivity (Wildman–Crippen MR) is 155 cm³/mol. The third-order valence-corrected chi connectivity index (χ3v) is 7.83. The van der Waals surface area contributed by atoms with Gasteiger partial charge in [0.15, 0.2) is 5.69 Å². The topological polar surface area (TPSA) is 125 Å². The van der Waals surface area contributed by atoms with E-state index in [9.17, 15) is 31.5 Å². The van der Waals surface area contributed by atoms with E-state index in [1.165, 1.54) is 35.4 Å². The number of fused-ring (bicyclic) bond motifs is 4. The van der Waals surface area contributed by atoms with Crippen LogP contribution >= 0.6 is 0 Å². The summed E-state index contributed by atoms with van der Waals surface area (Å²) >= 11 is 0. The molecule has 5 heterocycles. The molecule has 46 heavy (non-hydrogen) atoms. The summed E-state index contributed by atoms with van der Waals surface area (Å²) in [7, 11) is 0. The van der Waals surface area contributed by atoms with Gasteiger partial charge in [0, 0.05) is 29.3 Å². The number of alkyl halides is 5. The van der Waals surface area contributed by atoms with Gasteiger partial charge in [0.05, 0.1) is 53.2 Å². The molecule has 6 rings (SSSR count). The molecule has 1 amide bonds. The summed E-state index contributed by atoms with van der Waals surface area (Å²) in [4.78, 5) is 35.6. The Kier molecular flexibility index (Phi) is 7.96. The number of aromatic nitrogens is 8. The molecule has 0 fully saturated rings. The lowest BCUT2D eigenvalue weighted by Gasteiger charge is -2.22. The Morgan fingerprint density at radius 3 is 2.57 bits per heavy atom. The second-order valence-corrected chi connectivity index (χ2v) is 11.0. The van der Waals surface area contributed by atoms with Gasteiger partial charge in [-0.3, -0.25) is 19.1 Å². The van der Waals surface area contributed by atoms with Gasteiger partial charge in [0.2, 0.25) is 5.91 Å². The lowest BCUT2D eigenvalue weighted by Crippen LogP contribution is -2.27. The first-order valence-corrected chi connectivity index (χ1v) is 14.2. The highest BCUT2D eigenvalue weighted by atomic mass is 19.4. The fourth-order valence-corrected chi connectivity index (χ4v) is 5.46. The number of carbonyl (C=O) groups is 1. The van der Waals surface area contributed by atoms with Crippen molar-refractivity contribution in [3.05, 3.63) is 88.6 Å². The Labute approximate surface area is 257 Å². The van der Waals surface area contributed by atoms with Crippen LogP contribution in [0.2, 0.25) is 0 Å². The number of pyridine rings is 1. The van der Waals surface area contributed by atoms with Crippen molar-refractivity contribution in [2.45, 2.75) is 51.9 Å². The standard InChI is InChI=1S/C30H26F5N9O2/c1-16-6-7-23(43-14-25(40-41-43)30(33,34)35)19(10-16)20-12-26(45)42(15-37-20)24-5-3-4-17(2)28(46)39-22-13-38-44(29(31)32)27(22)18-8-9-36-21(24)11-18/h6-15,17,24,29H,3-5H2,1-2H3,(H,39,46)/t17-,24+/m1/s1. The molecule has 1 aliphatic rings. The number of hydrogen-bond acceptors (Lipinski definition) is 7. The van der Waals surface area contributed by atoms with Crippen molar-refractivity contribution in [2.24, 2.45) is 5.92 Å². The minimum absolute atomic E-state index is 0.00638. The number of aryl methyl sites for hydroxylation is 1. The van der Waals surface area contributed by atoms with Crippen LogP contribution in [0.4, 0.5) is 27.6 Å². The summed E-state index contributed by atoms with van der Waals surface area (Å²) in [5.74, 6) is -0.825. The van der Waals surface area contributed by atoms with E-state index in [1.54, 1.807) is 38.1 Å². The molecule has 4 aromatic heterocycles. The molecule has 2 atom stereocenters. The zero-order valence-electron chi connectivity index (χ0n) is 24.4. The van der Waals surface area contributed by atoms with Crippen molar-refractivity contribution < 1.29 is 26.7 Å². The van der Waals surface area contributed by atoms with Gasteiger partial charge in [-0.1, -0.05) is 30.2 Å². The molecular formula is C30H26F5N9O2. The van der Waals surface area contributed by atoms with E-state index in [2.05, 4.69) is 30.7 Å². The first-order chi connectivity index (χ1) is 21.9. The van der Waals surface area contributed by atoms with Crippen molar-refractivity contribution in [2.75, 3.05) is 5.32 Å². The number of amides is 1. The highest BCUT2D eigenvalue weighted by molar-refractivity contribution is 5.95. The van der Waals surface area contributed by atoms with Crippen molar-refractivity contribution in [3.63, 3.8) is 0 Å². The smallest absolute Gasteiger partial charge is 0.323 e. The molecule has 238 valence electrons. The molecule has 0 aliphatic carbocycles. The molecule has 0 spiro atoms. The van der Waals surface area contributed by atoms with E-state index in [1.807, 2.05) is 0 Å². The largest absolute Gasteiger partial charge is 0.436 e. The van der Waals surface area contributed by atoms with Crippen LogP contribution in [0.25, 0.3) is 28.2 Å². The maximum absolute atomic E-state index is 13.9. The zero-order chi connectivity index (χ0) is 32.7. The fraction of sp³-hybridized carbons (Fsp3) is 0.300. The van der Waals surface area contributed by atoms with Crippen LogP contribution in [-0.2, 0) is 11.0 Å². The summed E-state index contributed by atoms with van der Waals surface area (Å²) in [5, 5.41) is 13.3. The van der Waals surface area contributed by atoms with Crippen LogP contribution in [-0.4, -0.2) is 45.2 Å². The van der Waals surface area contributed by atoms with Gasteiger partial charge in [-0.2, -0.15) is 27.1 Å². The minimum atomic E-state index is -4.69. The number of halogens is 5. The number of carbonyl (C=O) groups excluding carboxylic acids is 1. The lowest BCUT2D eigenvalue weighted by atomic mass is 9.97. The number of nitrogens with zero attached hydrogens (tertiary/aromatic N) is 8. The SMILES string of the molecule is Cc1ccc(-n2cc(C(F)(F)F)nn2)c(-c2cc(=O)n([C@H]3CCC[C@@H](C)C(=O)Nc4cnn(C(F)F)c4-c4ccnc3c4)cn2)c1. The average Bonchev–Trinajstić information content (AvgIpc) is 3.67. The Bertz CT molecular complexity index is 1980. The second-order valence-electron chi connectivity index (χ2n) is 11.0. The lowest BCUT2D eigenvalue weighted by molar-refractivity contribution is -0.141. The van der Waals surface area contributed by atoms with Crippen LogP contribution in [0.1, 0.15) is 55.7 Å². The van der Waals surface area contributed by atoms with E-state index in [0.717, 1.165) is 16.4 Å². The third kappa shape index (κ3) is 5.89. The molecule has 0 saturated heterocycles. The van der Waals surface area contributed by atoms with Gasteiger partial charge >= 0.3 is 12.7 Å². The van der Waals surface area contributed by atoms with Gasteiger partial charge in [0.25, 0.3) is 5.56 Å². The van der Waals surface area contributed by atoms with E-state index in [4.69, 9.17) is 0 Å². The van der Waals surface area contributed by atoms with Gasteiger partial charge in [-0.05, 0) is 44.0 Å². The molecular weight excluding hydrogens is 613 g/mol. The summed E-state index contributed by atoms with van der Waals surface area (Å²) in [5.41, 5.74) is 0.717. The van der Waals surface area contributed by atoms with Gasteiger partial charge in [-0.25, -0.2) is 14.3 Å². The molecule has 0 saturated carbocycles. The van der Waals surface area contributed by atoms with Crippen LogP contribution in [0.5, 0.6) is 0 Å². The quantitative estimate of drug-likeness (QED) is 0.246. The molecule has 16 heteroatoms. The molecule has 1 aliphatic heterocycles. The minimum Gasteiger partial charge on any atom is -0.323 e. The Morgan fingerprint density at radius 1 is 1.04 bits per heavy atom. The Morgan fingerprint density at radius 2 is 1.85 bits per heavy atom. The molecule has 0 unspecified atom stereocenters.